The zero-order valence-corrected chi connectivity index (χ0v) is 15.9. The van der Waals surface area contributed by atoms with Gasteiger partial charge < -0.3 is 4.42 Å². The van der Waals surface area contributed by atoms with E-state index in [9.17, 15) is 9.59 Å². The Morgan fingerprint density at radius 1 is 1.17 bits per heavy atom. The molecule has 8 heteroatoms. The van der Waals surface area contributed by atoms with Crippen molar-refractivity contribution in [3.05, 3.63) is 60.4 Å². The highest BCUT2D eigenvalue weighted by Gasteiger charge is 2.35. The minimum absolute atomic E-state index is 0.147. The number of imide groups is 1. The van der Waals surface area contributed by atoms with Crippen molar-refractivity contribution in [3.8, 4) is 0 Å². The van der Waals surface area contributed by atoms with Crippen LogP contribution in [0.15, 0.2) is 39.7 Å². The number of benzene rings is 1. The number of amides is 2. The number of hydrogen-bond acceptors (Lipinski definition) is 4. The van der Waals surface area contributed by atoms with Crippen molar-refractivity contribution in [3.63, 3.8) is 0 Å². The number of furan rings is 1. The summed E-state index contributed by atoms with van der Waals surface area (Å²) in [5.74, 6) is 0.187. The Morgan fingerprint density at radius 2 is 1.96 bits per heavy atom. The molecule has 2 amide bonds. The summed E-state index contributed by atoms with van der Waals surface area (Å²) >= 11 is 14.7. The Hall–Kier alpha value is -0.960. The smallest absolute Gasteiger partial charge is 0.293 e. The van der Waals surface area contributed by atoms with Gasteiger partial charge in [0.15, 0.2) is 3.77 Å². The molecule has 0 spiro atoms. The number of carbonyl (C=O) groups excluding carboxylic acids is 2. The first-order valence-corrected chi connectivity index (χ1v) is 9.04. The zero-order valence-electron chi connectivity index (χ0n) is 11.4. The molecule has 1 saturated heterocycles. The molecule has 118 valence electrons. The van der Waals surface area contributed by atoms with Gasteiger partial charge in [-0.05, 0) is 64.2 Å². The van der Waals surface area contributed by atoms with Gasteiger partial charge >= 0.3 is 0 Å². The van der Waals surface area contributed by atoms with Gasteiger partial charge in [0.25, 0.3) is 11.1 Å². The average molecular weight is 480 g/mol. The van der Waals surface area contributed by atoms with Crippen LogP contribution >= 0.6 is 57.6 Å². The Balaban J connectivity index is 1.81. The van der Waals surface area contributed by atoms with Gasteiger partial charge in [0.2, 0.25) is 0 Å². The number of halogens is 3. The van der Waals surface area contributed by atoms with Crippen LogP contribution in [0.5, 0.6) is 0 Å². The molecule has 0 bridgehead atoms. The minimum Gasteiger partial charge on any atom is -0.451 e. The molecule has 4 nitrogen and oxygen atoms in total. The molecule has 23 heavy (non-hydrogen) atoms. The van der Waals surface area contributed by atoms with Crippen molar-refractivity contribution in [2.45, 2.75) is 6.54 Å². The van der Waals surface area contributed by atoms with Gasteiger partial charge in [-0.15, -0.1) is 0 Å². The molecular formula is C15H8Cl2INO3S. The van der Waals surface area contributed by atoms with Crippen molar-refractivity contribution in [1.82, 2.24) is 4.90 Å². The molecular weight excluding hydrogens is 472 g/mol. The normalized spacial score (nSPS) is 16.7. The molecule has 1 fully saturated rings. The van der Waals surface area contributed by atoms with Crippen LogP contribution in [0.2, 0.25) is 10.0 Å². The third kappa shape index (κ3) is 3.76. The minimum atomic E-state index is -0.350. The fourth-order valence-corrected chi connectivity index (χ4v) is 3.57. The fraction of sp³-hybridized carbons (Fsp3) is 0.0667. The molecule has 0 radical (unpaired) electrons. The molecule has 1 aromatic heterocycles. The van der Waals surface area contributed by atoms with Crippen LogP contribution in [0.25, 0.3) is 6.08 Å². The lowest BCUT2D eigenvalue weighted by atomic mass is 10.2. The number of thioether (sulfide) groups is 1. The van der Waals surface area contributed by atoms with Gasteiger partial charge in [-0.1, -0.05) is 29.3 Å². The topological polar surface area (TPSA) is 50.5 Å². The first kappa shape index (κ1) is 16.9. The standard InChI is InChI=1S/C15H8Cl2INO3S/c16-10-3-1-8(5-11(10)17)7-19-14(20)12(23-15(19)21)6-9-2-4-13(18)22-9/h1-6H,7H2/b12-6-. The summed E-state index contributed by atoms with van der Waals surface area (Å²) < 4.78 is 6.11. The van der Waals surface area contributed by atoms with E-state index < -0.39 is 0 Å². The van der Waals surface area contributed by atoms with E-state index in [1.165, 1.54) is 4.90 Å². The summed E-state index contributed by atoms with van der Waals surface area (Å²) in [7, 11) is 0. The van der Waals surface area contributed by atoms with E-state index in [2.05, 4.69) is 0 Å². The number of hydrogen-bond donors (Lipinski definition) is 0. The molecule has 0 saturated carbocycles. The number of carbonyl (C=O) groups is 2. The zero-order chi connectivity index (χ0) is 16.6. The van der Waals surface area contributed by atoms with Crippen LogP contribution in [-0.4, -0.2) is 16.0 Å². The van der Waals surface area contributed by atoms with Gasteiger partial charge in [0.05, 0.1) is 21.5 Å². The molecule has 1 aliphatic rings. The van der Waals surface area contributed by atoms with Gasteiger partial charge in [0, 0.05) is 6.08 Å². The molecule has 0 unspecified atom stereocenters. The van der Waals surface area contributed by atoms with Gasteiger partial charge in [-0.3, -0.25) is 14.5 Å². The SMILES string of the molecule is O=C1S/C(=C\c2ccc(I)o2)C(=O)N1Cc1ccc(Cl)c(Cl)c1. The predicted molar refractivity (Wildman–Crippen MR) is 99.4 cm³/mol. The second-order valence-corrected chi connectivity index (χ2v) is 7.53. The van der Waals surface area contributed by atoms with Crippen molar-refractivity contribution < 1.29 is 14.0 Å². The lowest BCUT2D eigenvalue weighted by Crippen LogP contribution is -2.27. The monoisotopic (exact) mass is 479 g/mol. The molecule has 0 aliphatic carbocycles. The summed E-state index contributed by atoms with van der Waals surface area (Å²) in [6.07, 6.45) is 1.57. The van der Waals surface area contributed by atoms with Gasteiger partial charge in [0.1, 0.15) is 5.76 Å². The lowest BCUT2D eigenvalue weighted by Gasteiger charge is -2.12. The van der Waals surface area contributed by atoms with Crippen molar-refractivity contribution in [2.24, 2.45) is 0 Å². The quantitative estimate of drug-likeness (QED) is 0.435. The Kier molecular flexibility index (Phi) is 5.05. The van der Waals surface area contributed by atoms with E-state index in [1.54, 1.807) is 36.4 Å². The van der Waals surface area contributed by atoms with Crippen molar-refractivity contribution in [1.29, 1.82) is 0 Å². The van der Waals surface area contributed by atoms with Crippen LogP contribution < -0.4 is 0 Å². The first-order valence-electron chi connectivity index (χ1n) is 6.38. The van der Waals surface area contributed by atoms with E-state index in [0.29, 0.717) is 24.5 Å². The maximum atomic E-state index is 12.4. The second kappa shape index (κ2) is 6.88. The van der Waals surface area contributed by atoms with Crippen molar-refractivity contribution >= 4 is 74.8 Å². The molecule has 0 N–H and O–H groups in total. The highest BCUT2D eigenvalue weighted by Crippen LogP contribution is 2.34. The van der Waals surface area contributed by atoms with Gasteiger partial charge in [-0.25, -0.2) is 0 Å². The summed E-state index contributed by atoms with van der Waals surface area (Å²) in [5, 5.41) is 0.488. The van der Waals surface area contributed by atoms with Crippen molar-refractivity contribution in [2.75, 3.05) is 0 Å². The largest absolute Gasteiger partial charge is 0.451 e. The molecule has 1 aliphatic heterocycles. The van der Waals surface area contributed by atoms with E-state index >= 15 is 0 Å². The second-order valence-electron chi connectivity index (χ2n) is 4.66. The molecule has 0 atom stereocenters. The Morgan fingerprint density at radius 3 is 2.61 bits per heavy atom. The predicted octanol–water partition coefficient (Wildman–Crippen LogP) is 5.43. The molecule has 3 rings (SSSR count). The van der Waals surface area contributed by atoms with E-state index in [4.69, 9.17) is 27.6 Å². The molecule has 2 aromatic rings. The number of nitrogens with zero attached hydrogens (tertiary/aromatic N) is 1. The van der Waals surface area contributed by atoms with Crippen LogP contribution in [-0.2, 0) is 11.3 Å². The van der Waals surface area contributed by atoms with E-state index in [0.717, 1.165) is 17.3 Å². The Bertz CT molecular complexity index is 834. The van der Waals surface area contributed by atoms with Gasteiger partial charge in [-0.2, -0.15) is 0 Å². The van der Waals surface area contributed by atoms with Crippen LogP contribution in [0.4, 0.5) is 4.79 Å². The molecule has 1 aromatic carbocycles. The third-order valence-corrected chi connectivity index (χ3v) is 5.29. The first-order chi connectivity index (χ1) is 10.9. The lowest BCUT2D eigenvalue weighted by molar-refractivity contribution is -0.123. The van der Waals surface area contributed by atoms with Crippen LogP contribution in [0.3, 0.4) is 0 Å². The van der Waals surface area contributed by atoms with E-state index in [1.807, 2.05) is 22.6 Å². The fourth-order valence-electron chi connectivity index (χ4n) is 1.99. The number of rotatable bonds is 3. The highest BCUT2D eigenvalue weighted by atomic mass is 127. The summed E-state index contributed by atoms with van der Waals surface area (Å²) in [6.45, 7) is 0.147. The third-order valence-electron chi connectivity index (χ3n) is 3.07. The highest BCUT2D eigenvalue weighted by molar-refractivity contribution is 14.1. The average Bonchev–Trinajstić information content (AvgIpc) is 3.02. The van der Waals surface area contributed by atoms with E-state index in [-0.39, 0.29) is 17.7 Å². The maximum Gasteiger partial charge on any atom is 0.293 e. The summed E-state index contributed by atoms with van der Waals surface area (Å²) in [4.78, 5) is 26.0. The summed E-state index contributed by atoms with van der Waals surface area (Å²) in [5.41, 5.74) is 0.732. The summed E-state index contributed by atoms with van der Waals surface area (Å²) in [6, 6.07) is 8.54. The maximum absolute atomic E-state index is 12.4. The van der Waals surface area contributed by atoms with Crippen LogP contribution in [0, 0.1) is 3.77 Å². The Labute approximate surface area is 159 Å². The van der Waals surface area contributed by atoms with Crippen LogP contribution in [0.1, 0.15) is 11.3 Å². The molecule has 2 heterocycles.